The van der Waals surface area contributed by atoms with Gasteiger partial charge in [-0.1, -0.05) is 35.2 Å². The molecule has 0 saturated carbocycles. The summed E-state index contributed by atoms with van der Waals surface area (Å²) in [7, 11) is -4.27. The van der Waals surface area contributed by atoms with Crippen LogP contribution < -0.4 is 4.89 Å². The molecule has 0 heterocycles. The Labute approximate surface area is 115 Å². The molecule has 0 atom stereocenters. The van der Waals surface area contributed by atoms with Gasteiger partial charge in [-0.15, -0.1) is 0 Å². The summed E-state index contributed by atoms with van der Waals surface area (Å²) in [5.74, 6) is -1.91. The molecule has 0 radical (unpaired) electrons. The van der Waals surface area contributed by atoms with Crippen LogP contribution in [0, 0.1) is 11.6 Å². The van der Waals surface area contributed by atoms with Crippen LogP contribution in [0.5, 0.6) is 0 Å². The lowest BCUT2D eigenvalue weighted by atomic mass is 10.2. The maximum absolute atomic E-state index is 13.4. The highest BCUT2D eigenvalue weighted by atomic mass is 32.2. The maximum atomic E-state index is 13.4. The topological polar surface area (TPSA) is 55.4 Å². The second-order valence-electron chi connectivity index (χ2n) is 3.94. The monoisotopic (exact) mass is 299 g/mol. The summed E-state index contributed by atoms with van der Waals surface area (Å²) in [5, 5.41) is 0. The van der Waals surface area contributed by atoms with Gasteiger partial charge < -0.3 is 0 Å². The summed E-state index contributed by atoms with van der Waals surface area (Å²) in [6.07, 6.45) is 0. The molecular weight excluding hydrogens is 288 g/mol. The molecule has 0 spiro atoms. The van der Waals surface area contributed by atoms with E-state index in [0.29, 0.717) is 6.07 Å². The zero-order chi connectivity index (χ0) is 14.6. The second kappa shape index (κ2) is 6.08. The van der Waals surface area contributed by atoms with E-state index in [2.05, 4.69) is 0 Å². The minimum Gasteiger partial charge on any atom is -0.282 e. The summed E-state index contributed by atoms with van der Waals surface area (Å²) >= 11 is 0. The van der Waals surface area contributed by atoms with E-state index < -0.39 is 26.6 Å². The highest BCUT2D eigenvalue weighted by Gasteiger charge is 2.20. The van der Waals surface area contributed by atoms with E-state index in [1.54, 1.807) is 35.2 Å². The SMILES string of the molecule is O=S(=O)(NOCc1ccccc1)c1cc(F)ccc1F. The molecule has 1 N–H and O–H groups in total. The first-order chi connectivity index (χ1) is 9.49. The summed E-state index contributed by atoms with van der Waals surface area (Å²) < 4.78 is 49.8. The zero-order valence-electron chi connectivity index (χ0n) is 10.2. The number of nitrogens with one attached hydrogen (secondary N) is 1. The van der Waals surface area contributed by atoms with E-state index in [4.69, 9.17) is 4.84 Å². The first kappa shape index (κ1) is 14.6. The highest BCUT2D eigenvalue weighted by molar-refractivity contribution is 7.89. The Hall–Kier alpha value is -1.83. The van der Waals surface area contributed by atoms with Gasteiger partial charge in [-0.3, -0.25) is 4.84 Å². The van der Waals surface area contributed by atoms with Crippen LogP contribution in [0.15, 0.2) is 53.4 Å². The van der Waals surface area contributed by atoms with Crippen LogP contribution in [0.2, 0.25) is 0 Å². The summed E-state index contributed by atoms with van der Waals surface area (Å²) in [6, 6.07) is 11.0. The molecule has 0 aliphatic carbocycles. The van der Waals surface area contributed by atoms with Crippen molar-refractivity contribution in [3.05, 3.63) is 65.7 Å². The van der Waals surface area contributed by atoms with Gasteiger partial charge in [0.05, 0.1) is 6.61 Å². The Balaban J connectivity index is 2.06. The number of halogens is 2. The van der Waals surface area contributed by atoms with Crippen molar-refractivity contribution in [2.75, 3.05) is 0 Å². The van der Waals surface area contributed by atoms with Crippen molar-refractivity contribution in [1.82, 2.24) is 4.89 Å². The van der Waals surface area contributed by atoms with E-state index >= 15 is 0 Å². The van der Waals surface area contributed by atoms with Gasteiger partial charge >= 0.3 is 0 Å². The number of benzene rings is 2. The third-order valence-electron chi connectivity index (χ3n) is 2.43. The molecule has 0 aliphatic rings. The first-order valence-electron chi connectivity index (χ1n) is 5.61. The highest BCUT2D eigenvalue weighted by Crippen LogP contribution is 2.15. The van der Waals surface area contributed by atoms with Gasteiger partial charge in [0.25, 0.3) is 10.0 Å². The molecule has 0 aliphatic heterocycles. The molecule has 2 aromatic carbocycles. The standard InChI is InChI=1S/C13H11F2NO3S/c14-11-6-7-12(15)13(8-11)20(17,18)16-19-9-10-4-2-1-3-5-10/h1-8,16H,9H2. The average molecular weight is 299 g/mol. The summed E-state index contributed by atoms with van der Waals surface area (Å²) in [5.41, 5.74) is 0.731. The first-order valence-corrected chi connectivity index (χ1v) is 7.10. The number of hydrogen-bond acceptors (Lipinski definition) is 3. The fourth-order valence-electron chi connectivity index (χ4n) is 1.49. The van der Waals surface area contributed by atoms with Gasteiger partial charge in [0.1, 0.15) is 16.5 Å². The summed E-state index contributed by atoms with van der Waals surface area (Å²) in [6.45, 7) is -0.0307. The summed E-state index contributed by atoms with van der Waals surface area (Å²) in [4.78, 5) is 5.76. The van der Waals surface area contributed by atoms with Crippen molar-refractivity contribution in [3.63, 3.8) is 0 Å². The maximum Gasteiger partial charge on any atom is 0.265 e. The minimum atomic E-state index is -4.27. The molecule has 0 saturated heterocycles. The molecule has 0 aromatic heterocycles. The van der Waals surface area contributed by atoms with Gasteiger partial charge in [-0.25, -0.2) is 17.2 Å². The van der Waals surface area contributed by atoms with Gasteiger partial charge in [0.15, 0.2) is 0 Å². The van der Waals surface area contributed by atoms with Crippen molar-refractivity contribution in [2.45, 2.75) is 11.5 Å². The van der Waals surface area contributed by atoms with Crippen molar-refractivity contribution in [3.8, 4) is 0 Å². The zero-order valence-corrected chi connectivity index (χ0v) is 11.0. The Kier molecular flexibility index (Phi) is 4.43. The van der Waals surface area contributed by atoms with Crippen LogP contribution in [0.3, 0.4) is 0 Å². The van der Waals surface area contributed by atoms with Crippen molar-refractivity contribution >= 4 is 10.0 Å². The molecular formula is C13H11F2NO3S. The Morgan fingerprint density at radius 2 is 1.75 bits per heavy atom. The number of hydrogen-bond donors (Lipinski definition) is 1. The molecule has 0 unspecified atom stereocenters. The third-order valence-corrected chi connectivity index (χ3v) is 3.66. The molecule has 0 fully saturated rings. The van der Waals surface area contributed by atoms with Gasteiger partial charge in [0.2, 0.25) is 0 Å². The normalized spacial score (nSPS) is 11.5. The molecule has 106 valence electrons. The smallest absolute Gasteiger partial charge is 0.265 e. The minimum absolute atomic E-state index is 0.0307. The lowest BCUT2D eigenvalue weighted by molar-refractivity contribution is 0.0793. The van der Waals surface area contributed by atoms with Crippen LogP contribution in [0.1, 0.15) is 5.56 Å². The lowest BCUT2D eigenvalue weighted by Crippen LogP contribution is -2.25. The number of rotatable bonds is 5. The molecule has 7 heteroatoms. The van der Waals surface area contributed by atoms with E-state index in [0.717, 1.165) is 17.7 Å². The Morgan fingerprint density at radius 3 is 2.45 bits per heavy atom. The van der Waals surface area contributed by atoms with Gasteiger partial charge in [-0.2, -0.15) is 0 Å². The Bertz CT molecular complexity index is 690. The van der Waals surface area contributed by atoms with Crippen LogP contribution in [0.4, 0.5) is 8.78 Å². The van der Waals surface area contributed by atoms with E-state index in [9.17, 15) is 17.2 Å². The van der Waals surface area contributed by atoms with Gasteiger partial charge in [0, 0.05) is 0 Å². The van der Waals surface area contributed by atoms with Crippen LogP contribution in [-0.2, 0) is 21.5 Å². The van der Waals surface area contributed by atoms with E-state index in [-0.39, 0.29) is 6.61 Å². The van der Waals surface area contributed by atoms with Gasteiger partial charge in [-0.05, 0) is 23.8 Å². The van der Waals surface area contributed by atoms with Crippen LogP contribution >= 0.6 is 0 Å². The van der Waals surface area contributed by atoms with Crippen molar-refractivity contribution < 1.29 is 22.0 Å². The molecule has 20 heavy (non-hydrogen) atoms. The average Bonchev–Trinajstić information content (AvgIpc) is 2.42. The molecule has 0 amide bonds. The molecule has 4 nitrogen and oxygen atoms in total. The fourth-order valence-corrected chi connectivity index (χ4v) is 2.39. The Morgan fingerprint density at radius 1 is 1.05 bits per heavy atom. The second-order valence-corrected chi connectivity index (χ2v) is 5.55. The van der Waals surface area contributed by atoms with Crippen molar-refractivity contribution in [1.29, 1.82) is 0 Å². The van der Waals surface area contributed by atoms with Crippen LogP contribution in [-0.4, -0.2) is 8.42 Å². The predicted molar refractivity (Wildman–Crippen MR) is 67.9 cm³/mol. The molecule has 2 rings (SSSR count). The fraction of sp³-hybridized carbons (Fsp3) is 0.0769. The van der Waals surface area contributed by atoms with Crippen molar-refractivity contribution in [2.24, 2.45) is 0 Å². The van der Waals surface area contributed by atoms with Crippen LogP contribution in [0.25, 0.3) is 0 Å². The van der Waals surface area contributed by atoms with E-state index in [1.807, 2.05) is 0 Å². The van der Waals surface area contributed by atoms with E-state index in [1.165, 1.54) is 0 Å². The quantitative estimate of drug-likeness (QED) is 0.862. The lowest BCUT2D eigenvalue weighted by Gasteiger charge is -2.08. The molecule has 0 bridgehead atoms. The third kappa shape index (κ3) is 3.60. The predicted octanol–water partition coefficient (Wildman–Crippen LogP) is 2.37. The molecule has 2 aromatic rings. The largest absolute Gasteiger partial charge is 0.282 e. The number of sulfonamides is 1.